The number of furan rings is 1. The molecule has 12 rings (SSSR count). The van der Waals surface area contributed by atoms with E-state index in [-0.39, 0.29) is 0 Å². The Hall–Kier alpha value is -8.21. The van der Waals surface area contributed by atoms with E-state index < -0.39 is 0 Å². The second-order valence-corrected chi connectivity index (χ2v) is 15.5. The second-order valence-electron chi connectivity index (χ2n) is 15.5. The van der Waals surface area contributed by atoms with Gasteiger partial charge in [0.15, 0.2) is 5.58 Å². The van der Waals surface area contributed by atoms with Gasteiger partial charge in [-0.05, 0) is 116 Å². The van der Waals surface area contributed by atoms with Crippen molar-refractivity contribution < 1.29 is 8.83 Å². The highest BCUT2D eigenvalue weighted by molar-refractivity contribution is 6.22. The largest absolute Gasteiger partial charge is 0.455 e. The van der Waals surface area contributed by atoms with Crippen molar-refractivity contribution in [3.63, 3.8) is 0 Å². The molecule has 0 N–H and O–H groups in total. The number of rotatable bonds is 7. The number of benzene rings is 10. The van der Waals surface area contributed by atoms with Crippen molar-refractivity contribution in [2.45, 2.75) is 0 Å². The van der Waals surface area contributed by atoms with E-state index in [4.69, 9.17) is 13.8 Å². The SMILES string of the molecule is c1ccc(-c2ccc(N(c3ccc(-c4ccccc4)cc3)c3ccc4oc5c(-c6ccc(-c7nc8ccccc8o7)c7ccccc67)c6ccccc6cc5c4c3)cc2)cc1. The average molecular weight is 781 g/mol. The Morgan fingerprint density at radius 2 is 0.885 bits per heavy atom. The van der Waals surface area contributed by atoms with Crippen LogP contribution in [0.1, 0.15) is 0 Å². The maximum Gasteiger partial charge on any atom is 0.227 e. The number of oxazole rings is 1. The van der Waals surface area contributed by atoms with Crippen molar-refractivity contribution in [2.24, 2.45) is 0 Å². The quantitative estimate of drug-likeness (QED) is 0.162. The Labute approximate surface area is 352 Å². The molecule has 4 heteroatoms. The summed E-state index contributed by atoms with van der Waals surface area (Å²) in [7, 11) is 0. The highest BCUT2D eigenvalue weighted by atomic mass is 16.3. The van der Waals surface area contributed by atoms with Crippen LogP contribution >= 0.6 is 0 Å². The van der Waals surface area contributed by atoms with Crippen molar-refractivity contribution in [1.29, 1.82) is 0 Å². The van der Waals surface area contributed by atoms with Crippen LogP contribution in [-0.4, -0.2) is 4.98 Å². The molecule has 0 fully saturated rings. The van der Waals surface area contributed by atoms with Gasteiger partial charge in [0.1, 0.15) is 16.7 Å². The zero-order chi connectivity index (χ0) is 40.3. The molecule has 0 radical (unpaired) electrons. The van der Waals surface area contributed by atoms with Crippen LogP contribution in [0.2, 0.25) is 0 Å². The minimum absolute atomic E-state index is 0.609. The molecule has 2 heterocycles. The van der Waals surface area contributed by atoms with Crippen molar-refractivity contribution in [1.82, 2.24) is 4.98 Å². The van der Waals surface area contributed by atoms with Crippen LogP contribution in [-0.2, 0) is 0 Å². The molecule has 12 aromatic rings. The van der Waals surface area contributed by atoms with Gasteiger partial charge in [0.05, 0.1) is 0 Å². The molecule has 0 aliphatic heterocycles. The van der Waals surface area contributed by atoms with Crippen molar-refractivity contribution in [2.75, 3.05) is 4.90 Å². The Balaban J connectivity index is 1.04. The highest BCUT2D eigenvalue weighted by Crippen LogP contribution is 2.46. The monoisotopic (exact) mass is 780 g/mol. The zero-order valence-electron chi connectivity index (χ0n) is 33.0. The van der Waals surface area contributed by atoms with E-state index in [1.165, 1.54) is 22.3 Å². The number of nitrogens with zero attached hydrogens (tertiary/aromatic N) is 2. The highest BCUT2D eigenvalue weighted by Gasteiger charge is 2.22. The lowest BCUT2D eigenvalue weighted by Gasteiger charge is -2.26. The van der Waals surface area contributed by atoms with Gasteiger partial charge in [-0.1, -0.05) is 152 Å². The summed E-state index contributed by atoms with van der Waals surface area (Å²) in [6.45, 7) is 0. The second kappa shape index (κ2) is 14.3. The molecule has 0 saturated carbocycles. The molecule has 2 aromatic heterocycles. The van der Waals surface area contributed by atoms with Crippen LogP contribution < -0.4 is 4.90 Å². The molecule has 0 unspecified atom stereocenters. The van der Waals surface area contributed by atoms with Gasteiger partial charge in [0, 0.05) is 39.0 Å². The lowest BCUT2D eigenvalue weighted by Crippen LogP contribution is -2.09. The van der Waals surface area contributed by atoms with E-state index in [0.29, 0.717) is 5.89 Å². The molecule has 61 heavy (non-hydrogen) atoms. The molecule has 10 aromatic carbocycles. The van der Waals surface area contributed by atoms with Crippen molar-refractivity contribution in [3.05, 3.63) is 218 Å². The van der Waals surface area contributed by atoms with Gasteiger partial charge in [0.2, 0.25) is 5.89 Å². The van der Waals surface area contributed by atoms with Gasteiger partial charge in [-0.3, -0.25) is 0 Å². The number of para-hydroxylation sites is 2. The van der Waals surface area contributed by atoms with E-state index in [9.17, 15) is 0 Å². The standard InChI is InChI=1S/C57H36N2O2/c1-3-13-37(14-4-1)39-23-27-42(28-24-39)59(43-29-25-40(26-30-43)38-15-5-2-6-16-38)44-31-34-53-50(36-44)51-35-41-17-7-8-18-45(41)55(56(51)60-53)48-32-33-49(47-20-10-9-19-46(47)48)57-58-52-21-11-12-22-54(52)61-57/h1-36H. The van der Waals surface area contributed by atoms with E-state index in [2.05, 4.69) is 199 Å². The number of aromatic nitrogens is 1. The molecular weight excluding hydrogens is 745 g/mol. The van der Waals surface area contributed by atoms with Crippen LogP contribution in [0.25, 0.3) is 99.4 Å². The molecule has 0 bridgehead atoms. The number of anilines is 3. The first kappa shape index (κ1) is 34.8. The first-order valence-corrected chi connectivity index (χ1v) is 20.6. The predicted molar refractivity (Wildman–Crippen MR) is 253 cm³/mol. The number of fused-ring (bicyclic) bond motifs is 6. The summed E-state index contributed by atoms with van der Waals surface area (Å²) in [5.41, 5.74) is 14.3. The maximum absolute atomic E-state index is 6.98. The van der Waals surface area contributed by atoms with Crippen LogP contribution in [0.4, 0.5) is 17.1 Å². The van der Waals surface area contributed by atoms with E-state index in [1.807, 2.05) is 24.3 Å². The summed E-state index contributed by atoms with van der Waals surface area (Å²) in [6.07, 6.45) is 0. The Morgan fingerprint density at radius 3 is 1.56 bits per heavy atom. The van der Waals surface area contributed by atoms with Gasteiger partial charge in [-0.2, -0.15) is 0 Å². The zero-order valence-corrected chi connectivity index (χ0v) is 33.0. The molecule has 0 aliphatic rings. The number of hydrogen-bond donors (Lipinski definition) is 0. The Kier molecular flexibility index (Phi) is 8.13. The van der Waals surface area contributed by atoms with Crippen molar-refractivity contribution in [3.8, 4) is 44.8 Å². The molecule has 286 valence electrons. The molecule has 4 nitrogen and oxygen atoms in total. The van der Waals surface area contributed by atoms with Crippen molar-refractivity contribution >= 4 is 71.6 Å². The van der Waals surface area contributed by atoms with Gasteiger partial charge in [-0.15, -0.1) is 0 Å². The summed E-state index contributed by atoms with van der Waals surface area (Å²) >= 11 is 0. The van der Waals surface area contributed by atoms with Crippen LogP contribution in [0.15, 0.2) is 227 Å². The summed E-state index contributed by atoms with van der Waals surface area (Å²) in [5.74, 6) is 0.609. The topological polar surface area (TPSA) is 42.4 Å². The van der Waals surface area contributed by atoms with Crippen LogP contribution in [0, 0.1) is 0 Å². The van der Waals surface area contributed by atoms with Crippen LogP contribution in [0.5, 0.6) is 0 Å². The third kappa shape index (κ3) is 5.96. The third-order valence-electron chi connectivity index (χ3n) is 11.9. The average Bonchev–Trinajstić information content (AvgIpc) is 3.93. The fourth-order valence-electron chi connectivity index (χ4n) is 8.97. The van der Waals surface area contributed by atoms with Gasteiger partial charge < -0.3 is 13.7 Å². The predicted octanol–water partition coefficient (Wildman–Crippen LogP) is 16.2. The van der Waals surface area contributed by atoms with Gasteiger partial charge >= 0.3 is 0 Å². The van der Waals surface area contributed by atoms with Gasteiger partial charge in [0.25, 0.3) is 0 Å². The maximum atomic E-state index is 6.98. The fraction of sp³-hybridized carbons (Fsp3) is 0. The summed E-state index contributed by atoms with van der Waals surface area (Å²) < 4.78 is 13.3. The minimum Gasteiger partial charge on any atom is -0.455 e. The molecular formula is C57H36N2O2. The molecule has 0 spiro atoms. The van der Waals surface area contributed by atoms with E-state index >= 15 is 0 Å². The minimum atomic E-state index is 0.609. The first-order valence-electron chi connectivity index (χ1n) is 20.6. The third-order valence-corrected chi connectivity index (χ3v) is 11.9. The fourth-order valence-corrected chi connectivity index (χ4v) is 8.97. The molecule has 0 saturated heterocycles. The van der Waals surface area contributed by atoms with E-state index in [0.717, 1.165) is 88.3 Å². The Morgan fingerprint density at radius 1 is 0.344 bits per heavy atom. The lowest BCUT2D eigenvalue weighted by atomic mass is 9.90. The first-order chi connectivity index (χ1) is 30.2. The molecule has 0 aliphatic carbocycles. The summed E-state index contributed by atoms with van der Waals surface area (Å²) in [4.78, 5) is 7.21. The molecule has 0 amide bonds. The smallest absolute Gasteiger partial charge is 0.227 e. The molecule has 0 atom stereocenters. The Bertz CT molecular complexity index is 3450. The van der Waals surface area contributed by atoms with Crippen LogP contribution in [0.3, 0.4) is 0 Å². The summed E-state index contributed by atoms with van der Waals surface area (Å²) in [5, 5.41) is 6.57. The lowest BCUT2D eigenvalue weighted by molar-refractivity contribution is 0.620. The summed E-state index contributed by atoms with van der Waals surface area (Å²) in [6, 6.07) is 77.0. The normalized spacial score (nSPS) is 11.6. The van der Waals surface area contributed by atoms with E-state index in [1.54, 1.807) is 0 Å². The van der Waals surface area contributed by atoms with Gasteiger partial charge in [-0.25, -0.2) is 4.98 Å². The number of hydrogen-bond acceptors (Lipinski definition) is 4.